The van der Waals surface area contributed by atoms with Crippen molar-refractivity contribution in [1.29, 1.82) is 0 Å². The van der Waals surface area contributed by atoms with E-state index in [4.69, 9.17) is 0 Å². The van der Waals surface area contributed by atoms with E-state index in [0.29, 0.717) is 12.0 Å². The Balaban J connectivity index is 0.00000364. The van der Waals surface area contributed by atoms with Gasteiger partial charge in [0.1, 0.15) is 11.5 Å². The van der Waals surface area contributed by atoms with Crippen LogP contribution in [0.2, 0.25) is 0 Å². The average Bonchev–Trinajstić information content (AvgIpc) is 2.58. The summed E-state index contributed by atoms with van der Waals surface area (Å²) in [6.45, 7) is 0. The van der Waals surface area contributed by atoms with E-state index in [1.165, 1.54) is 36.4 Å². The van der Waals surface area contributed by atoms with Crippen LogP contribution in [0.4, 0.5) is 0 Å². The molecule has 3 N–H and O–H groups in total. The number of benzene rings is 2. The molecule has 0 spiro atoms. The average molecular weight is 400 g/mol. The second kappa shape index (κ2) is 10.8. The Labute approximate surface area is 181 Å². The fourth-order valence-corrected chi connectivity index (χ4v) is 3.27. The van der Waals surface area contributed by atoms with Crippen LogP contribution in [-0.4, -0.2) is 33.5 Å². The largest absolute Gasteiger partial charge is 1.00 e. The first kappa shape index (κ1) is 23.7. The third kappa shape index (κ3) is 8.04. The zero-order valence-electron chi connectivity index (χ0n) is 15.0. The number of phenolic OH excluding ortho intramolecular Hbond substituents is 2. The molecule has 0 saturated carbocycles. The minimum atomic E-state index is -4.48. The van der Waals surface area contributed by atoms with E-state index in [1.807, 2.05) is 0 Å². The van der Waals surface area contributed by atoms with Gasteiger partial charge in [0, 0.05) is 0 Å². The van der Waals surface area contributed by atoms with Crippen molar-refractivity contribution in [2.45, 2.75) is 30.6 Å². The van der Waals surface area contributed by atoms with Crippen molar-refractivity contribution in [3.8, 4) is 11.5 Å². The summed E-state index contributed by atoms with van der Waals surface area (Å²) in [4.78, 5) is 0. The van der Waals surface area contributed by atoms with Crippen LogP contribution in [0, 0.1) is 0 Å². The molecule has 2 atom stereocenters. The first-order valence-corrected chi connectivity index (χ1v) is 9.59. The van der Waals surface area contributed by atoms with E-state index in [2.05, 4.69) is 0 Å². The molecule has 8 heteroatoms. The molecule has 0 aliphatic carbocycles. The van der Waals surface area contributed by atoms with E-state index >= 15 is 0 Å². The molecule has 6 nitrogen and oxygen atoms in total. The van der Waals surface area contributed by atoms with E-state index < -0.39 is 21.5 Å². The molecule has 0 radical (unpaired) electrons. The number of rotatable bonds is 8. The third-order valence-corrected chi connectivity index (χ3v) is 5.30. The van der Waals surface area contributed by atoms with Gasteiger partial charge < -0.3 is 19.9 Å². The number of aromatic hydroxyl groups is 2. The van der Waals surface area contributed by atoms with Gasteiger partial charge in [0.05, 0.1) is 21.5 Å². The molecular formula is C19H21NaO6S. The maximum Gasteiger partial charge on any atom is 1.00 e. The van der Waals surface area contributed by atoms with Crippen molar-refractivity contribution < 1.29 is 57.8 Å². The fraction of sp³-hybridized carbons (Fsp3) is 0.263. The molecule has 140 valence electrons. The van der Waals surface area contributed by atoms with Crippen LogP contribution in [0.15, 0.2) is 60.7 Å². The predicted octanol–water partition coefficient (Wildman–Crippen LogP) is -0.372. The van der Waals surface area contributed by atoms with Gasteiger partial charge in [-0.3, -0.25) is 0 Å². The molecule has 0 heterocycles. The van der Waals surface area contributed by atoms with Crippen LogP contribution in [0.5, 0.6) is 11.5 Å². The Morgan fingerprint density at radius 3 is 2.00 bits per heavy atom. The number of aliphatic hydroxyl groups excluding tert-OH is 1. The number of hydrogen-bond acceptors (Lipinski definition) is 6. The Morgan fingerprint density at radius 2 is 1.48 bits per heavy atom. The quantitative estimate of drug-likeness (QED) is 0.316. The maximum atomic E-state index is 11.5. The third-order valence-electron chi connectivity index (χ3n) is 4.05. The van der Waals surface area contributed by atoms with Crippen molar-refractivity contribution in [3.63, 3.8) is 0 Å². The minimum absolute atomic E-state index is 0. The molecule has 27 heavy (non-hydrogen) atoms. The van der Waals surface area contributed by atoms with Gasteiger partial charge in [-0.25, -0.2) is 8.42 Å². The molecule has 0 saturated heterocycles. The van der Waals surface area contributed by atoms with Crippen molar-refractivity contribution in [2.75, 3.05) is 0 Å². The Kier molecular flexibility index (Phi) is 9.52. The molecule has 2 aromatic carbocycles. The molecule has 2 aromatic rings. The van der Waals surface area contributed by atoms with Gasteiger partial charge in [0.2, 0.25) is 0 Å². The van der Waals surface area contributed by atoms with Crippen molar-refractivity contribution in [3.05, 3.63) is 71.8 Å². The number of phenols is 2. The minimum Gasteiger partial charge on any atom is -0.748 e. The molecule has 0 amide bonds. The zero-order valence-corrected chi connectivity index (χ0v) is 17.8. The molecular weight excluding hydrogens is 379 g/mol. The standard InChI is InChI=1S/C19H22O6S.Na/c20-16-9-4-14(5-10-16)6-13-18(26(23,24)25)2-1-3-19(22)15-7-11-17(21)12-8-15;/h1,3-5,7-12,18-22H,2,6,13H2,(H,23,24,25);/q;+1/p-1. The summed E-state index contributed by atoms with van der Waals surface area (Å²) >= 11 is 0. The molecule has 0 aliphatic heterocycles. The van der Waals surface area contributed by atoms with Gasteiger partial charge in [0.15, 0.2) is 0 Å². The Morgan fingerprint density at radius 1 is 0.963 bits per heavy atom. The predicted molar refractivity (Wildman–Crippen MR) is 96.7 cm³/mol. The van der Waals surface area contributed by atoms with Gasteiger partial charge in [-0.15, -0.1) is 0 Å². The summed E-state index contributed by atoms with van der Waals surface area (Å²) in [6, 6.07) is 12.3. The Hall–Kier alpha value is -1.35. The number of allylic oxidation sites excluding steroid dienone is 1. The Bertz CT molecular complexity index is 832. The SMILES string of the molecule is O=S(=O)([O-])C(CC=CC(O)c1ccc(O)cc1)CCc1ccc(O)cc1.[Na+]. The van der Waals surface area contributed by atoms with E-state index in [-0.39, 0.29) is 53.9 Å². The smallest absolute Gasteiger partial charge is 0.748 e. The molecule has 0 aliphatic rings. The van der Waals surface area contributed by atoms with Gasteiger partial charge in [-0.1, -0.05) is 36.4 Å². The van der Waals surface area contributed by atoms with Crippen molar-refractivity contribution >= 4 is 10.1 Å². The van der Waals surface area contributed by atoms with Crippen LogP contribution in [0.25, 0.3) is 0 Å². The zero-order chi connectivity index (χ0) is 19.2. The van der Waals surface area contributed by atoms with Crippen LogP contribution in [-0.2, 0) is 16.5 Å². The van der Waals surface area contributed by atoms with Gasteiger partial charge in [-0.05, 0) is 54.7 Å². The first-order valence-electron chi connectivity index (χ1n) is 8.12. The van der Waals surface area contributed by atoms with Crippen molar-refractivity contribution in [2.24, 2.45) is 0 Å². The van der Waals surface area contributed by atoms with Gasteiger partial charge >= 0.3 is 29.6 Å². The monoisotopic (exact) mass is 400 g/mol. The summed E-state index contributed by atoms with van der Waals surface area (Å²) in [5, 5.41) is 27.4. The summed E-state index contributed by atoms with van der Waals surface area (Å²) in [5.74, 6) is 0.199. The normalized spacial score (nSPS) is 13.9. The number of aryl methyl sites for hydroxylation is 1. The molecule has 0 aromatic heterocycles. The second-order valence-corrected chi connectivity index (χ2v) is 7.67. The second-order valence-electron chi connectivity index (χ2n) is 6.02. The van der Waals surface area contributed by atoms with Gasteiger partial charge in [-0.2, -0.15) is 0 Å². The van der Waals surface area contributed by atoms with Crippen LogP contribution in [0.3, 0.4) is 0 Å². The number of hydrogen-bond donors (Lipinski definition) is 3. The topological polar surface area (TPSA) is 118 Å². The summed E-state index contributed by atoms with van der Waals surface area (Å²) in [7, 11) is -4.48. The van der Waals surface area contributed by atoms with E-state index in [1.54, 1.807) is 24.3 Å². The number of aliphatic hydroxyl groups is 1. The van der Waals surface area contributed by atoms with E-state index in [9.17, 15) is 28.3 Å². The van der Waals surface area contributed by atoms with Gasteiger partial charge in [0.25, 0.3) is 0 Å². The summed E-state index contributed by atoms with van der Waals surface area (Å²) in [6.07, 6.45) is 2.48. The summed E-state index contributed by atoms with van der Waals surface area (Å²) in [5.41, 5.74) is 1.37. The van der Waals surface area contributed by atoms with Crippen LogP contribution >= 0.6 is 0 Å². The first-order chi connectivity index (χ1) is 12.3. The van der Waals surface area contributed by atoms with E-state index in [0.717, 1.165) is 5.56 Å². The molecule has 0 fully saturated rings. The van der Waals surface area contributed by atoms with Crippen LogP contribution in [0.1, 0.15) is 30.1 Å². The molecule has 0 bridgehead atoms. The fourth-order valence-electron chi connectivity index (χ4n) is 2.51. The van der Waals surface area contributed by atoms with Crippen LogP contribution < -0.4 is 29.6 Å². The molecule has 2 rings (SSSR count). The maximum absolute atomic E-state index is 11.5. The molecule has 2 unspecified atom stereocenters. The van der Waals surface area contributed by atoms with Crippen molar-refractivity contribution in [1.82, 2.24) is 0 Å². The summed E-state index contributed by atoms with van der Waals surface area (Å²) < 4.78 is 34.4.